The Balaban J connectivity index is 0.952. The first-order chi connectivity index (χ1) is 32.8. The molecule has 0 aliphatic heterocycles. The molecule has 1 aliphatic carbocycles. The number of imidazole rings is 2. The van der Waals surface area contributed by atoms with E-state index in [-0.39, 0.29) is 0 Å². The van der Waals surface area contributed by atoms with Crippen LogP contribution in [-0.2, 0) is 0 Å². The molecule has 0 saturated heterocycles. The van der Waals surface area contributed by atoms with Crippen LogP contribution in [0.15, 0.2) is 224 Å². The highest BCUT2D eigenvalue weighted by atomic mass is 15.2. The van der Waals surface area contributed by atoms with Crippen LogP contribution in [-0.4, -0.2) is 23.1 Å². The van der Waals surface area contributed by atoms with Crippen LogP contribution >= 0.6 is 0 Å². The lowest BCUT2D eigenvalue weighted by Crippen LogP contribution is -1.99. The monoisotopic (exact) mass is 839 g/mol. The Morgan fingerprint density at radius 3 is 1.20 bits per heavy atom. The molecule has 4 heterocycles. The van der Waals surface area contributed by atoms with Crippen molar-refractivity contribution in [2.75, 3.05) is 0 Å². The van der Waals surface area contributed by atoms with Gasteiger partial charge < -0.3 is 9.13 Å². The van der Waals surface area contributed by atoms with Crippen molar-refractivity contribution in [2.24, 2.45) is 0 Å². The average Bonchev–Trinajstić information content (AvgIpc) is 4.11. The maximum Gasteiger partial charge on any atom is 0.220 e. The van der Waals surface area contributed by atoms with Gasteiger partial charge in [-0.05, 0) is 123 Å². The maximum absolute atomic E-state index is 5.55. The molecule has 0 saturated carbocycles. The normalized spacial score (nSPS) is 12.2. The molecule has 0 amide bonds. The molecule has 0 unspecified atom stereocenters. The van der Waals surface area contributed by atoms with Gasteiger partial charge in [-0.15, -0.1) is 0 Å². The van der Waals surface area contributed by atoms with Crippen LogP contribution < -0.4 is 0 Å². The third-order valence-corrected chi connectivity index (χ3v) is 14.1. The summed E-state index contributed by atoms with van der Waals surface area (Å²) in [6.07, 6.45) is 0. The van der Waals surface area contributed by atoms with E-state index in [0.717, 1.165) is 50.4 Å². The van der Waals surface area contributed by atoms with E-state index in [1.165, 1.54) is 82.6 Å². The molecule has 0 radical (unpaired) electrons. The predicted octanol–water partition coefficient (Wildman–Crippen LogP) is 15.6. The molecule has 5 heteroatoms. The lowest BCUT2D eigenvalue weighted by molar-refractivity contribution is 1.11. The molecule has 5 nitrogen and oxygen atoms in total. The van der Waals surface area contributed by atoms with Crippen LogP contribution in [0, 0.1) is 0 Å². The summed E-state index contributed by atoms with van der Waals surface area (Å²) in [7, 11) is 0. The zero-order chi connectivity index (χ0) is 43.0. The first-order valence-corrected chi connectivity index (χ1v) is 22.6. The number of nitrogens with zero attached hydrogens (tertiary/aromatic N) is 5. The van der Waals surface area contributed by atoms with Crippen LogP contribution in [0.2, 0.25) is 0 Å². The van der Waals surface area contributed by atoms with Gasteiger partial charge in [0.1, 0.15) is 0 Å². The average molecular weight is 840 g/mol. The Morgan fingerprint density at radius 1 is 0.242 bits per heavy atom. The van der Waals surface area contributed by atoms with Gasteiger partial charge >= 0.3 is 0 Å². The van der Waals surface area contributed by atoms with Crippen LogP contribution in [0.3, 0.4) is 0 Å². The number of rotatable bonds is 3. The number of fused-ring (bicyclic) bond motifs is 19. The van der Waals surface area contributed by atoms with Gasteiger partial charge in [-0.3, -0.25) is 8.97 Å². The summed E-state index contributed by atoms with van der Waals surface area (Å²) in [6, 6.07) is 82.1. The van der Waals surface area contributed by atoms with Crippen molar-refractivity contribution in [3.63, 3.8) is 0 Å². The zero-order valence-corrected chi connectivity index (χ0v) is 35.6. The summed E-state index contributed by atoms with van der Waals surface area (Å²) in [5.41, 5.74) is 22.1. The first kappa shape index (κ1) is 35.5. The summed E-state index contributed by atoms with van der Waals surface area (Å²) < 4.78 is 9.52. The van der Waals surface area contributed by atoms with E-state index in [9.17, 15) is 0 Å². The van der Waals surface area contributed by atoms with Crippen molar-refractivity contribution in [2.45, 2.75) is 0 Å². The molecule has 0 atom stereocenters. The van der Waals surface area contributed by atoms with E-state index in [1.807, 2.05) is 0 Å². The Kier molecular flexibility index (Phi) is 7.16. The Hall–Kier alpha value is -8.93. The second-order valence-electron chi connectivity index (χ2n) is 17.5. The van der Waals surface area contributed by atoms with Gasteiger partial charge in [-0.2, -0.15) is 0 Å². The van der Waals surface area contributed by atoms with Gasteiger partial charge in [-0.1, -0.05) is 146 Å². The van der Waals surface area contributed by atoms with Crippen molar-refractivity contribution in [3.8, 4) is 61.6 Å². The Bertz CT molecular complexity index is 4310. The summed E-state index contributed by atoms with van der Waals surface area (Å²) in [4.78, 5) is 5.55. The van der Waals surface area contributed by atoms with Gasteiger partial charge in [0.2, 0.25) is 5.78 Å². The highest BCUT2D eigenvalue weighted by Gasteiger charge is 2.25. The predicted molar refractivity (Wildman–Crippen MR) is 274 cm³/mol. The van der Waals surface area contributed by atoms with Gasteiger partial charge in [0.25, 0.3) is 0 Å². The second-order valence-corrected chi connectivity index (χ2v) is 17.5. The molecule has 66 heavy (non-hydrogen) atoms. The number of hydrogen-bond acceptors (Lipinski definition) is 1. The van der Waals surface area contributed by atoms with Crippen molar-refractivity contribution in [1.29, 1.82) is 0 Å². The van der Waals surface area contributed by atoms with Crippen molar-refractivity contribution in [3.05, 3.63) is 224 Å². The summed E-state index contributed by atoms with van der Waals surface area (Å²) in [6.45, 7) is 0. The number of benzene rings is 10. The molecule has 4 aromatic heterocycles. The SMILES string of the molecule is c1cc(-n2c3ccccc3c3ccccc32)cc(-n2c3ccccc3c3cc(-n4c5ccccc5n5c6cc7c(cc6nc45)-c4ccccc4-c4ccccc4-c4ccccc4-7)ccc32)c1. The molecular formula is C61H37N5. The summed E-state index contributed by atoms with van der Waals surface area (Å²) in [5, 5.41) is 4.91. The molecule has 0 N–H and O–H groups in total. The van der Waals surface area contributed by atoms with E-state index in [1.54, 1.807) is 0 Å². The fourth-order valence-electron chi connectivity index (χ4n) is 11.4. The molecule has 10 aromatic carbocycles. The lowest BCUT2D eigenvalue weighted by Gasteiger charge is -2.23. The van der Waals surface area contributed by atoms with E-state index >= 15 is 0 Å². The molecule has 1 aliphatic rings. The minimum Gasteiger partial charge on any atom is -0.309 e. The smallest absolute Gasteiger partial charge is 0.220 e. The molecule has 0 spiro atoms. The van der Waals surface area contributed by atoms with E-state index in [2.05, 4.69) is 243 Å². The van der Waals surface area contributed by atoms with Gasteiger partial charge in [-0.25, -0.2) is 4.98 Å². The third-order valence-electron chi connectivity index (χ3n) is 14.1. The molecular weight excluding hydrogens is 803 g/mol. The van der Waals surface area contributed by atoms with Crippen LogP contribution in [0.4, 0.5) is 0 Å². The van der Waals surface area contributed by atoms with E-state index in [4.69, 9.17) is 4.98 Å². The molecule has 0 bridgehead atoms. The fraction of sp³-hybridized carbons (Fsp3) is 0. The topological polar surface area (TPSA) is 32.1 Å². The minimum atomic E-state index is 0.885. The Morgan fingerprint density at radius 2 is 0.652 bits per heavy atom. The van der Waals surface area contributed by atoms with Crippen LogP contribution in [0.5, 0.6) is 0 Å². The quantitative estimate of drug-likeness (QED) is 0.174. The molecule has 306 valence electrons. The van der Waals surface area contributed by atoms with E-state index < -0.39 is 0 Å². The van der Waals surface area contributed by atoms with Gasteiger partial charge in [0.15, 0.2) is 0 Å². The van der Waals surface area contributed by atoms with Crippen molar-refractivity contribution < 1.29 is 0 Å². The molecule has 0 fully saturated rings. The van der Waals surface area contributed by atoms with Gasteiger partial charge in [0.05, 0.1) is 44.1 Å². The lowest BCUT2D eigenvalue weighted by atomic mass is 9.81. The second kappa shape index (κ2) is 13.3. The highest BCUT2D eigenvalue weighted by Crippen LogP contribution is 2.49. The molecule has 15 rings (SSSR count). The number of aromatic nitrogens is 5. The van der Waals surface area contributed by atoms with Crippen molar-refractivity contribution in [1.82, 2.24) is 23.1 Å². The first-order valence-electron chi connectivity index (χ1n) is 22.6. The standard InChI is InChI=1S/C61H37N5/c1-2-19-42-41(18-1)43-20-3-5-22-45(43)50-36-53-60(37-51(50)46-23-6-4-21-44(42)46)66-59-31-14-13-30-58(59)65(61(66)62-53)40-32-33-57-52(35-40)49-26-9-12-29-56(49)64(57)39-17-15-16-38(34-39)63-54-27-10-7-24-47(54)48-25-8-11-28-55(48)63/h1-37H. The Labute approximate surface area is 378 Å². The minimum absolute atomic E-state index is 0.885. The van der Waals surface area contributed by atoms with Crippen molar-refractivity contribution >= 4 is 71.5 Å². The fourth-order valence-corrected chi connectivity index (χ4v) is 11.4. The van der Waals surface area contributed by atoms with E-state index in [0.29, 0.717) is 0 Å². The molecule has 14 aromatic rings. The highest BCUT2D eigenvalue weighted by molar-refractivity contribution is 6.12. The number of hydrogen-bond donors (Lipinski definition) is 0. The largest absolute Gasteiger partial charge is 0.309 e. The summed E-state index contributed by atoms with van der Waals surface area (Å²) in [5.74, 6) is 0.885. The maximum atomic E-state index is 5.55. The zero-order valence-electron chi connectivity index (χ0n) is 35.6. The third kappa shape index (κ3) is 4.80. The van der Waals surface area contributed by atoms with Crippen LogP contribution in [0.1, 0.15) is 0 Å². The van der Waals surface area contributed by atoms with Crippen LogP contribution in [0.25, 0.3) is 133 Å². The summed E-state index contributed by atoms with van der Waals surface area (Å²) >= 11 is 0. The van der Waals surface area contributed by atoms with Gasteiger partial charge in [0, 0.05) is 38.6 Å². The number of para-hydroxylation sites is 5.